The second-order valence-electron chi connectivity index (χ2n) is 5.64. The van der Waals surface area contributed by atoms with E-state index in [0.717, 1.165) is 25.1 Å². The molecule has 0 fully saturated rings. The lowest BCUT2D eigenvalue weighted by Gasteiger charge is -2.20. The van der Waals surface area contributed by atoms with Crippen LogP contribution in [-0.2, 0) is 0 Å². The minimum absolute atomic E-state index is 0.150. The Morgan fingerprint density at radius 3 is 2.52 bits per heavy atom. The van der Waals surface area contributed by atoms with Gasteiger partial charge in [0.1, 0.15) is 11.9 Å². The van der Waals surface area contributed by atoms with Crippen molar-refractivity contribution in [2.45, 2.75) is 28.7 Å². The zero-order chi connectivity index (χ0) is 14.7. The smallest absolute Gasteiger partial charge is 0.134 e. The number of fused-ring (bicyclic) bond motifs is 2. The largest absolute Gasteiger partial charge is 0.485 e. The van der Waals surface area contributed by atoms with Crippen molar-refractivity contribution in [1.82, 2.24) is 4.90 Å². The summed E-state index contributed by atoms with van der Waals surface area (Å²) in [5.41, 5.74) is 1.32. The molecule has 1 aliphatic heterocycles. The average molecular weight is 299 g/mol. The van der Waals surface area contributed by atoms with Gasteiger partial charge in [0.25, 0.3) is 0 Å². The van der Waals surface area contributed by atoms with Crippen molar-refractivity contribution < 1.29 is 4.74 Å². The Morgan fingerprint density at radius 2 is 1.71 bits per heavy atom. The Bertz CT molecular complexity index is 612. The third-order valence-corrected chi connectivity index (χ3v) is 4.82. The molecule has 0 unspecified atom stereocenters. The highest BCUT2D eigenvalue weighted by molar-refractivity contribution is 7.99. The van der Waals surface area contributed by atoms with Crippen molar-refractivity contribution in [3.63, 3.8) is 0 Å². The quantitative estimate of drug-likeness (QED) is 0.818. The molecule has 3 rings (SSSR count). The molecule has 0 aromatic heterocycles. The standard InChI is InChI=1S/C18H21NOS/c1-19(2)13-7-10-15-14-8-3-5-11-17(14)21-18-12-6-4-9-16(18)20-15/h3-6,8-9,11-12,15H,7,10,13H2,1-2H3/t15-/m0/s1. The van der Waals surface area contributed by atoms with Crippen LogP contribution in [0, 0.1) is 0 Å². The first-order valence-electron chi connectivity index (χ1n) is 7.41. The summed E-state index contributed by atoms with van der Waals surface area (Å²) >= 11 is 1.81. The molecule has 2 nitrogen and oxygen atoms in total. The molecule has 0 bridgehead atoms. The molecule has 1 aliphatic rings. The molecule has 2 aromatic rings. The van der Waals surface area contributed by atoms with Crippen molar-refractivity contribution in [3.05, 3.63) is 54.1 Å². The molecule has 2 aromatic carbocycles. The summed E-state index contributed by atoms with van der Waals surface area (Å²) < 4.78 is 6.33. The van der Waals surface area contributed by atoms with Gasteiger partial charge in [0.2, 0.25) is 0 Å². The van der Waals surface area contributed by atoms with E-state index in [1.54, 1.807) is 0 Å². The minimum atomic E-state index is 0.150. The molecule has 0 spiro atoms. The second kappa shape index (κ2) is 6.54. The van der Waals surface area contributed by atoms with E-state index in [4.69, 9.17) is 4.74 Å². The maximum Gasteiger partial charge on any atom is 0.134 e. The van der Waals surface area contributed by atoms with Gasteiger partial charge in [0, 0.05) is 10.5 Å². The molecule has 110 valence electrons. The summed E-state index contributed by atoms with van der Waals surface area (Å²) in [6, 6.07) is 17.0. The molecular formula is C18H21NOS. The minimum Gasteiger partial charge on any atom is -0.485 e. The van der Waals surface area contributed by atoms with Crippen LogP contribution >= 0.6 is 11.8 Å². The number of rotatable bonds is 4. The summed E-state index contributed by atoms with van der Waals surface area (Å²) in [4.78, 5) is 4.75. The van der Waals surface area contributed by atoms with E-state index in [1.165, 1.54) is 15.4 Å². The van der Waals surface area contributed by atoms with Gasteiger partial charge >= 0.3 is 0 Å². The molecule has 0 saturated heterocycles. The predicted molar refractivity (Wildman–Crippen MR) is 88.2 cm³/mol. The lowest BCUT2D eigenvalue weighted by atomic mass is 10.0. The predicted octanol–water partition coefficient (Wildman–Crippen LogP) is 4.61. The lowest BCUT2D eigenvalue weighted by molar-refractivity contribution is 0.181. The van der Waals surface area contributed by atoms with Crippen LogP contribution in [0.1, 0.15) is 24.5 Å². The molecule has 0 radical (unpaired) electrons. The zero-order valence-electron chi connectivity index (χ0n) is 12.6. The van der Waals surface area contributed by atoms with Crippen LogP contribution in [0.2, 0.25) is 0 Å². The van der Waals surface area contributed by atoms with Crippen LogP contribution in [0.15, 0.2) is 58.3 Å². The van der Waals surface area contributed by atoms with Crippen molar-refractivity contribution in [1.29, 1.82) is 0 Å². The van der Waals surface area contributed by atoms with Crippen molar-refractivity contribution in [3.8, 4) is 5.75 Å². The Morgan fingerprint density at radius 1 is 1.00 bits per heavy atom. The molecule has 1 heterocycles. The number of ether oxygens (including phenoxy) is 1. The number of hydrogen-bond donors (Lipinski definition) is 0. The Hall–Kier alpha value is -1.45. The first kappa shape index (κ1) is 14.5. The number of hydrogen-bond acceptors (Lipinski definition) is 3. The van der Waals surface area contributed by atoms with E-state index in [2.05, 4.69) is 61.5 Å². The Kier molecular flexibility index (Phi) is 4.51. The Balaban J connectivity index is 1.88. The van der Waals surface area contributed by atoms with E-state index >= 15 is 0 Å². The number of nitrogens with zero attached hydrogens (tertiary/aromatic N) is 1. The van der Waals surface area contributed by atoms with Crippen molar-refractivity contribution >= 4 is 11.8 Å². The van der Waals surface area contributed by atoms with Crippen molar-refractivity contribution in [2.75, 3.05) is 20.6 Å². The summed E-state index contributed by atoms with van der Waals surface area (Å²) in [5, 5.41) is 0. The molecule has 1 atom stereocenters. The third kappa shape index (κ3) is 3.42. The van der Waals surface area contributed by atoms with Crippen LogP contribution in [0.25, 0.3) is 0 Å². The van der Waals surface area contributed by atoms with Gasteiger partial charge in [-0.3, -0.25) is 0 Å². The molecule has 0 N–H and O–H groups in total. The third-order valence-electron chi connectivity index (χ3n) is 3.68. The molecular weight excluding hydrogens is 278 g/mol. The van der Waals surface area contributed by atoms with Gasteiger partial charge in [-0.2, -0.15) is 0 Å². The zero-order valence-corrected chi connectivity index (χ0v) is 13.4. The fourth-order valence-corrected chi connectivity index (χ4v) is 3.68. The SMILES string of the molecule is CN(C)CCC[C@@H]1Oc2ccccc2Sc2ccccc21. The van der Waals surface area contributed by atoms with Crippen molar-refractivity contribution in [2.24, 2.45) is 0 Å². The van der Waals surface area contributed by atoms with Crippen LogP contribution in [0.3, 0.4) is 0 Å². The molecule has 0 aliphatic carbocycles. The van der Waals surface area contributed by atoms with Gasteiger partial charge in [0.05, 0.1) is 4.90 Å². The maximum atomic E-state index is 6.33. The summed E-state index contributed by atoms with van der Waals surface area (Å²) in [5.74, 6) is 1.01. The first-order chi connectivity index (χ1) is 10.2. The topological polar surface area (TPSA) is 12.5 Å². The lowest BCUT2D eigenvalue weighted by Crippen LogP contribution is -2.15. The second-order valence-corrected chi connectivity index (χ2v) is 6.72. The fourth-order valence-electron chi connectivity index (χ4n) is 2.61. The monoisotopic (exact) mass is 299 g/mol. The molecule has 0 amide bonds. The summed E-state index contributed by atoms with van der Waals surface area (Å²) in [6.07, 6.45) is 2.33. The van der Waals surface area contributed by atoms with Gasteiger partial charge in [-0.1, -0.05) is 42.1 Å². The Labute approximate surface area is 131 Å². The van der Waals surface area contributed by atoms with E-state index < -0.39 is 0 Å². The first-order valence-corrected chi connectivity index (χ1v) is 8.23. The summed E-state index contributed by atoms with van der Waals surface area (Å²) in [6.45, 7) is 1.09. The molecule has 3 heteroatoms. The fraction of sp³-hybridized carbons (Fsp3) is 0.333. The van der Waals surface area contributed by atoms with Gasteiger partial charge in [0.15, 0.2) is 0 Å². The van der Waals surface area contributed by atoms with Crippen LogP contribution in [0.4, 0.5) is 0 Å². The van der Waals surface area contributed by atoms with E-state index in [0.29, 0.717) is 0 Å². The highest BCUT2D eigenvalue weighted by Crippen LogP contribution is 2.44. The van der Waals surface area contributed by atoms with Crippen LogP contribution in [0.5, 0.6) is 5.75 Å². The maximum absolute atomic E-state index is 6.33. The van der Waals surface area contributed by atoms with Crippen LogP contribution in [-0.4, -0.2) is 25.5 Å². The highest BCUT2D eigenvalue weighted by Gasteiger charge is 2.22. The molecule has 0 saturated carbocycles. The van der Waals surface area contributed by atoms with Gasteiger partial charge in [-0.15, -0.1) is 0 Å². The number of benzene rings is 2. The van der Waals surface area contributed by atoms with Gasteiger partial charge in [-0.25, -0.2) is 0 Å². The van der Waals surface area contributed by atoms with E-state index in [1.807, 2.05) is 17.8 Å². The molecule has 21 heavy (non-hydrogen) atoms. The van der Waals surface area contributed by atoms with Gasteiger partial charge in [-0.05, 0) is 51.7 Å². The highest BCUT2D eigenvalue weighted by atomic mass is 32.2. The number of para-hydroxylation sites is 1. The van der Waals surface area contributed by atoms with Crippen LogP contribution < -0.4 is 4.74 Å². The normalized spacial score (nSPS) is 16.8. The van der Waals surface area contributed by atoms with Gasteiger partial charge < -0.3 is 9.64 Å². The van der Waals surface area contributed by atoms with E-state index in [-0.39, 0.29) is 6.10 Å². The summed E-state index contributed by atoms with van der Waals surface area (Å²) in [7, 11) is 4.24. The average Bonchev–Trinajstić information content (AvgIpc) is 2.63. The van der Waals surface area contributed by atoms with E-state index in [9.17, 15) is 0 Å².